The molecule has 0 saturated heterocycles. The number of hydrogen-bond acceptors (Lipinski definition) is 7. The fourth-order valence-corrected chi connectivity index (χ4v) is 4.81. The van der Waals surface area contributed by atoms with Crippen LogP contribution in [0.15, 0.2) is 58.0 Å². The Kier molecular flexibility index (Phi) is 4.64. The van der Waals surface area contributed by atoms with E-state index in [-0.39, 0.29) is 11.1 Å². The molecular weight excluding hydrogens is 394 g/mol. The van der Waals surface area contributed by atoms with E-state index < -0.39 is 4.92 Å². The van der Waals surface area contributed by atoms with E-state index in [1.165, 1.54) is 29.2 Å². The number of rotatable bonds is 4. The second kappa shape index (κ2) is 6.99. The van der Waals surface area contributed by atoms with Crippen LogP contribution in [0, 0.1) is 10.1 Å². The van der Waals surface area contributed by atoms with Crippen molar-refractivity contribution < 1.29 is 4.92 Å². The van der Waals surface area contributed by atoms with Crippen LogP contribution in [-0.4, -0.2) is 24.7 Å². The molecule has 0 radical (unpaired) electrons. The summed E-state index contributed by atoms with van der Waals surface area (Å²) in [7, 11) is 0. The summed E-state index contributed by atoms with van der Waals surface area (Å²) in [5.41, 5.74) is 1.60. The SMILES string of the molecule is CC(C)(C)c1nnc(Sc2nc3ccc([N+](=O)[O-])cc3s2)n1-c1ccccc1. The quantitative estimate of drug-likeness (QED) is 0.337. The van der Waals surface area contributed by atoms with Crippen LogP contribution in [0.3, 0.4) is 0 Å². The van der Waals surface area contributed by atoms with Crippen LogP contribution in [0.2, 0.25) is 0 Å². The van der Waals surface area contributed by atoms with Gasteiger partial charge in [0.25, 0.3) is 5.69 Å². The number of nitro groups is 1. The van der Waals surface area contributed by atoms with Crippen LogP contribution in [0.4, 0.5) is 5.69 Å². The van der Waals surface area contributed by atoms with Crippen molar-refractivity contribution in [3.05, 3.63) is 64.5 Å². The number of para-hydroxylation sites is 1. The van der Waals surface area contributed by atoms with Gasteiger partial charge in [-0.1, -0.05) is 39.0 Å². The Morgan fingerprint density at radius 1 is 1.11 bits per heavy atom. The fourth-order valence-electron chi connectivity index (χ4n) is 2.76. The lowest BCUT2D eigenvalue weighted by Crippen LogP contribution is -2.18. The van der Waals surface area contributed by atoms with Crippen LogP contribution >= 0.6 is 23.1 Å². The summed E-state index contributed by atoms with van der Waals surface area (Å²) in [6.45, 7) is 6.30. The van der Waals surface area contributed by atoms with Gasteiger partial charge in [0, 0.05) is 23.2 Å². The highest BCUT2D eigenvalue weighted by Gasteiger charge is 2.26. The van der Waals surface area contributed by atoms with E-state index >= 15 is 0 Å². The third-order valence-electron chi connectivity index (χ3n) is 4.06. The molecule has 0 amide bonds. The number of nitro benzene ring substituents is 1. The van der Waals surface area contributed by atoms with E-state index in [1.807, 2.05) is 34.9 Å². The molecule has 0 bridgehead atoms. The lowest BCUT2D eigenvalue weighted by Gasteiger charge is -2.19. The molecule has 2 heterocycles. The number of non-ortho nitro benzene ring substituents is 1. The van der Waals surface area contributed by atoms with E-state index in [4.69, 9.17) is 0 Å². The maximum absolute atomic E-state index is 11.0. The van der Waals surface area contributed by atoms with E-state index in [1.54, 1.807) is 12.1 Å². The number of fused-ring (bicyclic) bond motifs is 1. The Morgan fingerprint density at radius 2 is 1.86 bits per heavy atom. The van der Waals surface area contributed by atoms with Gasteiger partial charge in [0.1, 0.15) is 5.82 Å². The van der Waals surface area contributed by atoms with Gasteiger partial charge >= 0.3 is 0 Å². The highest BCUT2D eigenvalue weighted by atomic mass is 32.2. The van der Waals surface area contributed by atoms with Crippen molar-refractivity contribution in [3.8, 4) is 5.69 Å². The first-order valence-corrected chi connectivity index (χ1v) is 10.2. The number of nitrogens with zero attached hydrogens (tertiary/aromatic N) is 5. The Hall–Kier alpha value is -2.78. The van der Waals surface area contributed by atoms with Crippen molar-refractivity contribution in [2.24, 2.45) is 0 Å². The third kappa shape index (κ3) is 3.50. The van der Waals surface area contributed by atoms with Gasteiger partial charge in [-0.15, -0.1) is 21.5 Å². The van der Waals surface area contributed by atoms with Crippen molar-refractivity contribution in [1.82, 2.24) is 19.7 Å². The van der Waals surface area contributed by atoms with Gasteiger partial charge in [-0.2, -0.15) is 0 Å². The normalized spacial score (nSPS) is 11.8. The van der Waals surface area contributed by atoms with E-state index in [9.17, 15) is 10.1 Å². The molecule has 0 aliphatic rings. The molecule has 0 spiro atoms. The zero-order chi connectivity index (χ0) is 19.9. The largest absolute Gasteiger partial charge is 0.273 e. The molecule has 9 heteroatoms. The smallest absolute Gasteiger partial charge is 0.270 e. The molecule has 142 valence electrons. The van der Waals surface area contributed by atoms with E-state index in [2.05, 4.69) is 36.0 Å². The summed E-state index contributed by atoms with van der Waals surface area (Å²) in [6.07, 6.45) is 0. The topological polar surface area (TPSA) is 86.7 Å². The summed E-state index contributed by atoms with van der Waals surface area (Å²) in [6, 6.07) is 14.7. The zero-order valence-corrected chi connectivity index (χ0v) is 17.1. The summed E-state index contributed by atoms with van der Waals surface area (Å²) >= 11 is 2.82. The second-order valence-electron chi connectivity index (χ2n) is 7.22. The summed E-state index contributed by atoms with van der Waals surface area (Å²) in [5, 5.41) is 20.6. The summed E-state index contributed by atoms with van der Waals surface area (Å²) < 4.78 is 3.58. The molecule has 0 saturated carbocycles. The number of benzene rings is 2. The molecule has 2 aromatic carbocycles. The van der Waals surface area contributed by atoms with E-state index in [0.717, 1.165) is 26.1 Å². The molecule has 0 N–H and O–H groups in total. The van der Waals surface area contributed by atoms with Crippen LogP contribution in [-0.2, 0) is 5.41 Å². The van der Waals surface area contributed by atoms with Crippen LogP contribution in [0.5, 0.6) is 0 Å². The van der Waals surface area contributed by atoms with Gasteiger partial charge in [0.15, 0.2) is 4.34 Å². The highest BCUT2D eigenvalue weighted by molar-refractivity contribution is 8.01. The predicted octanol–water partition coefficient (Wildman–Crippen LogP) is 5.23. The van der Waals surface area contributed by atoms with Gasteiger partial charge < -0.3 is 0 Å². The molecular formula is C19H17N5O2S2. The predicted molar refractivity (Wildman–Crippen MR) is 110 cm³/mol. The Balaban J connectivity index is 1.77. The average molecular weight is 412 g/mol. The number of hydrogen-bond donors (Lipinski definition) is 0. The van der Waals surface area contributed by atoms with Gasteiger partial charge in [-0.25, -0.2) is 4.98 Å². The zero-order valence-electron chi connectivity index (χ0n) is 15.5. The maximum Gasteiger partial charge on any atom is 0.270 e. The van der Waals surface area contributed by atoms with Crippen molar-refractivity contribution >= 4 is 39.0 Å². The van der Waals surface area contributed by atoms with Crippen molar-refractivity contribution in [3.63, 3.8) is 0 Å². The molecule has 7 nitrogen and oxygen atoms in total. The van der Waals surface area contributed by atoms with Gasteiger partial charge in [0.2, 0.25) is 5.16 Å². The van der Waals surface area contributed by atoms with Crippen molar-refractivity contribution in [1.29, 1.82) is 0 Å². The summed E-state index contributed by atoms with van der Waals surface area (Å²) in [5.74, 6) is 0.859. The number of thiazole rings is 1. The lowest BCUT2D eigenvalue weighted by atomic mass is 9.95. The molecule has 0 aliphatic heterocycles. The molecule has 4 rings (SSSR count). The Morgan fingerprint density at radius 3 is 2.54 bits per heavy atom. The first-order chi connectivity index (χ1) is 13.3. The molecule has 28 heavy (non-hydrogen) atoms. The van der Waals surface area contributed by atoms with Gasteiger partial charge in [0.05, 0.1) is 15.1 Å². The molecule has 0 atom stereocenters. The first kappa shape index (κ1) is 18.6. The van der Waals surface area contributed by atoms with Crippen LogP contribution < -0.4 is 0 Å². The second-order valence-corrected chi connectivity index (χ2v) is 9.46. The molecule has 4 aromatic rings. The maximum atomic E-state index is 11.0. The summed E-state index contributed by atoms with van der Waals surface area (Å²) in [4.78, 5) is 15.2. The van der Waals surface area contributed by atoms with E-state index in [0.29, 0.717) is 5.16 Å². The van der Waals surface area contributed by atoms with Crippen molar-refractivity contribution in [2.45, 2.75) is 35.7 Å². The molecule has 0 fully saturated rings. The molecule has 2 aromatic heterocycles. The molecule has 0 unspecified atom stereocenters. The van der Waals surface area contributed by atoms with Gasteiger partial charge in [-0.3, -0.25) is 14.7 Å². The lowest BCUT2D eigenvalue weighted by molar-refractivity contribution is -0.384. The third-order valence-corrected chi connectivity index (χ3v) is 6.09. The van der Waals surface area contributed by atoms with Crippen molar-refractivity contribution in [2.75, 3.05) is 0 Å². The Labute approximate surface area is 169 Å². The monoisotopic (exact) mass is 411 g/mol. The molecule has 0 aliphatic carbocycles. The number of aromatic nitrogens is 4. The fraction of sp³-hybridized carbons (Fsp3) is 0.211. The minimum absolute atomic E-state index is 0.0650. The first-order valence-electron chi connectivity index (χ1n) is 8.57. The minimum atomic E-state index is -0.395. The van der Waals surface area contributed by atoms with Crippen LogP contribution in [0.1, 0.15) is 26.6 Å². The minimum Gasteiger partial charge on any atom is -0.273 e. The Bertz CT molecular complexity index is 1160. The highest BCUT2D eigenvalue weighted by Crippen LogP contribution is 2.37. The average Bonchev–Trinajstić information content (AvgIpc) is 3.25. The standard InChI is InChI=1S/C19H17N5O2S2/c1-19(2,3)16-21-22-17(23(16)12-7-5-4-6-8-12)28-18-20-14-10-9-13(24(25)26)11-15(14)27-18/h4-11H,1-3H3. The van der Waals surface area contributed by atoms with Crippen LogP contribution in [0.25, 0.3) is 15.9 Å². The van der Waals surface area contributed by atoms with Gasteiger partial charge in [-0.05, 0) is 30.0 Å².